The van der Waals surface area contributed by atoms with Crippen molar-refractivity contribution in [1.82, 2.24) is 9.97 Å². The lowest BCUT2D eigenvalue weighted by Gasteiger charge is -2.22. The van der Waals surface area contributed by atoms with Crippen LogP contribution in [0.3, 0.4) is 0 Å². The van der Waals surface area contributed by atoms with Gasteiger partial charge in [-0.1, -0.05) is 24.1 Å². The Bertz CT molecular complexity index is 713. The fraction of sp³-hybridized carbons (Fsp3) is 0.278. The van der Waals surface area contributed by atoms with Crippen molar-refractivity contribution in [2.45, 2.75) is 26.2 Å². The molecule has 0 saturated carbocycles. The molecule has 112 valence electrons. The molecule has 22 heavy (non-hydrogen) atoms. The minimum atomic E-state index is -0.898. The van der Waals surface area contributed by atoms with Crippen molar-refractivity contribution in [3.63, 3.8) is 0 Å². The third-order valence-electron chi connectivity index (χ3n) is 3.18. The molecule has 0 radical (unpaired) electrons. The molecule has 0 aliphatic heterocycles. The monoisotopic (exact) mass is 294 g/mol. The van der Waals surface area contributed by atoms with E-state index in [0.29, 0.717) is 18.0 Å². The predicted octanol–water partition coefficient (Wildman–Crippen LogP) is 2.72. The fourth-order valence-corrected chi connectivity index (χ4v) is 1.95. The molecular weight excluding hydrogens is 276 g/mol. The Morgan fingerprint density at radius 2 is 1.82 bits per heavy atom. The summed E-state index contributed by atoms with van der Waals surface area (Å²) in [4.78, 5) is 20.7. The van der Waals surface area contributed by atoms with E-state index in [-0.39, 0.29) is 5.97 Å². The minimum Gasteiger partial charge on any atom is -0.465 e. The number of benzene rings is 1. The number of ether oxygens (including phenoxy) is 1. The van der Waals surface area contributed by atoms with E-state index >= 15 is 0 Å². The molecule has 0 atom stereocenters. The zero-order valence-corrected chi connectivity index (χ0v) is 13.0. The molecule has 1 aromatic carbocycles. The summed E-state index contributed by atoms with van der Waals surface area (Å²) in [6.07, 6.45) is 3.13. The third-order valence-corrected chi connectivity index (χ3v) is 3.18. The number of carbonyl (C=O) groups is 1. The number of hydrogen-bond donors (Lipinski definition) is 0. The molecule has 0 aliphatic rings. The van der Waals surface area contributed by atoms with Crippen LogP contribution in [-0.2, 0) is 14.9 Å². The molecule has 0 amide bonds. The Morgan fingerprint density at radius 3 is 2.50 bits per heavy atom. The van der Waals surface area contributed by atoms with Crippen molar-refractivity contribution in [2.75, 3.05) is 6.61 Å². The Balaban J connectivity index is 2.40. The summed E-state index contributed by atoms with van der Waals surface area (Å²) in [5, 5.41) is 0. The summed E-state index contributed by atoms with van der Waals surface area (Å²) in [5.41, 5.74) is 1.000. The lowest BCUT2D eigenvalue weighted by Crippen LogP contribution is -2.33. The van der Waals surface area contributed by atoms with Gasteiger partial charge in [-0.3, -0.25) is 9.78 Å². The largest absolute Gasteiger partial charge is 0.465 e. The van der Waals surface area contributed by atoms with Crippen LogP contribution in [0.15, 0.2) is 42.7 Å². The van der Waals surface area contributed by atoms with E-state index in [1.165, 1.54) is 0 Å². The molecule has 4 heteroatoms. The highest BCUT2D eigenvalue weighted by Crippen LogP contribution is 2.24. The zero-order chi connectivity index (χ0) is 16.0. The maximum Gasteiger partial charge on any atom is 0.317 e. The summed E-state index contributed by atoms with van der Waals surface area (Å²) in [7, 11) is 0. The second-order valence-electron chi connectivity index (χ2n) is 5.22. The highest BCUT2D eigenvalue weighted by molar-refractivity contribution is 5.82. The number of rotatable bonds is 3. The molecule has 4 nitrogen and oxygen atoms in total. The van der Waals surface area contributed by atoms with Gasteiger partial charge in [-0.2, -0.15) is 0 Å². The van der Waals surface area contributed by atoms with Crippen molar-refractivity contribution < 1.29 is 9.53 Å². The van der Waals surface area contributed by atoms with Gasteiger partial charge in [-0.15, -0.1) is 0 Å². The maximum atomic E-state index is 12.2. The lowest BCUT2D eigenvalue weighted by atomic mass is 9.87. The fourth-order valence-electron chi connectivity index (χ4n) is 1.95. The van der Waals surface area contributed by atoms with E-state index in [4.69, 9.17) is 4.74 Å². The molecule has 0 fully saturated rings. The van der Waals surface area contributed by atoms with Crippen LogP contribution in [0.2, 0.25) is 0 Å². The Morgan fingerprint density at radius 1 is 1.14 bits per heavy atom. The highest BCUT2D eigenvalue weighted by atomic mass is 16.5. The molecule has 0 N–H and O–H groups in total. The zero-order valence-electron chi connectivity index (χ0n) is 13.0. The first-order valence-electron chi connectivity index (χ1n) is 7.11. The van der Waals surface area contributed by atoms with E-state index in [2.05, 4.69) is 21.8 Å². The van der Waals surface area contributed by atoms with Crippen LogP contribution in [0.1, 0.15) is 37.7 Å². The van der Waals surface area contributed by atoms with Crippen LogP contribution in [-0.4, -0.2) is 22.5 Å². The Hall–Kier alpha value is -2.67. The average molecular weight is 294 g/mol. The first-order chi connectivity index (χ1) is 10.6. The van der Waals surface area contributed by atoms with Gasteiger partial charge < -0.3 is 4.74 Å². The molecule has 0 aliphatic carbocycles. The van der Waals surface area contributed by atoms with Crippen molar-refractivity contribution in [3.8, 4) is 11.8 Å². The maximum absolute atomic E-state index is 12.2. The van der Waals surface area contributed by atoms with Gasteiger partial charge >= 0.3 is 5.97 Å². The summed E-state index contributed by atoms with van der Waals surface area (Å²) >= 11 is 0. The number of nitrogens with zero attached hydrogens (tertiary/aromatic N) is 2. The summed E-state index contributed by atoms with van der Waals surface area (Å²) in [6.45, 7) is 5.64. The summed E-state index contributed by atoms with van der Waals surface area (Å²) in [5.74, 6) is 5.71. The van der Waals surface area contributed by atoms with Crippen LogP contribution in [0.5, 0.6) is 0 Å². The smallest absolute Gasteiger partial charge is 0.317 e. The van der Waals surface area contributed by atoms with Crippen molar-refractivity contribution in [1.29, 1.82) is 0 Å². The lowest BCUT2D eigenvalue weighted by molar-refractivity contribution is -0.149. The molecule has 0 bridgehead atoms. The normalized spacial score (nSPS) is 10.5. The molecule has 2 aromatic rings. The highest BCUT2D eigenvalue weighted by Gasteiger charge is 2.35. The standard InChI is InChI=1S/C18H18N2O2/c1-4-22-17(21)18(2,3)16-15(19-12-13-20-16)11-10-14-8-6-5-7-9-14/h5-9,12-13H,4H2,1-3H3. The van der Waals surface area contributed by atoms with E-state index in [0.717, 1.165) is 5.56 Å². The second-order valence-corrected chi connectivity index (χ2v) is 5.22. The van der Waals surface area contributed by atoms with E-state index in [1.807, 2.05) is 30.3 Å². The Labute approximate surface area is 130 Å². The van der Waals surface area contributed by atoms with Gasteiger partial charge in [-0.05, 0) is 38.8 Å². The van der Waals surface area contributed by atoms with Gasteiger partial charge in [0.15, 0.2) is 0 Å². The van der Waals surface area contributed by atoms with E-state index in [9.17, 15) is 4.79 Å². The number of aromatic nitrogens is 2. The van der Waals surface area contributed by atoms with Crippen LogP contribution in [0, 0.1) is 11.8 Å². The molecular formula is C18H18N2O2. The Kier molecular flexibility index (Phi) is 4.90. The summed E-state index contributed by atoms with van der Waals surface area (Å²) in [6, 6.07) is 9.61. The second kappa shape index (κ2) is 6.86. The van der Waals surface area contributed by atoms with Gasteiger partial charge in [-0.25, -0.2) is 4.98 Å². The first kappa shape index (κ1) is 15.7. The van der Waals surface area contributed by atoms with Crippen LogP contribution >= 0.6 is 0 Å². The van der Waals surface area contributed by atoms with Crippen molar-refractivity contribution in [3.05, 3.63) is 59.7 Å². The topological polar surface area (TPSA) is 52.1 Å². The van der Waals surface area contributed by atoms with Gasteiger partial charge in [0.05, 0.1) is 12.3 Å². The van der Waals surface area contributed by atoms with Gasteiger partial charge in [0.2, 0.25) is 0 Å². The van der Waals surface area contributed by atoms with Crippen LogP contribution in [0.25, 0.3) is 0 Å². The molecule has 0 spiro atoms. The van der Waals surface area contributed by atoms with Gasteiger partial charge in [0.25, 0.3) is 0 Å². The first-order valence-corrected chi connectivity index (χ1v) is 7.11. The number of esters is 1. The molecule has 1 aromatic heterocycles. The van der Waals surface area contributed by atoms with Crippen LogP contribution in [0.4, 0.5) is 0 Å². The van der Waals surface area contributed by atoms with Crippen molar-refractivity contribution >= 4 is 5.97 Å². The van der Waals surface area contributed by atoms with Crippen molar-refractivity contribution in [2.24, 2.45) is 0 Å². The number of hydrogen-bond acceptors (Lipinski definition) is 4. The average Bonchev–Trinajstić information content (AvgIpc) is 2.54. The third kappa shape index (κ3) is 3.50. The van der Waals surface area contributed by atoms with Crippen LogP contribution < -0.4 is 0 Å². The molecule has 1 heterocycles. The SMILES string of the molecule is CCOC(=O)C(C)(C)c1nccnc1C#Cc1ccccc1. The predicted molar refractivity (Wildman–Crippen MR) is 84.1 cm³/mol. The van der Waals surface area contributed by atoms with E-state index in [1.54, 1.807) is 33.2 Å². The van der Waals surface area contributed by atoms with Gasteiger partial charge in [0, 0.05) is 18.0 Å². The van der Waals surface area contributed by atoms with E-state index < -0.39 is 5.41 Å². The molecule has 0 unspecified atom stereocenters. The quantitative estimate of drug-likeness (QED) is 0.645. The minimum absolute atomic E-state index is 0.327. The number of carbonyl (C=O) groups excluding carboxylic acids is 1. The summed E-state index contributed by atoms with van der Waals surface area (Å²) < 4.78 is 5.12. The molecule has 2 rings (SSSR count). The molecule has 0 saturated heterocycles. The van der Waals surface area contributed by atoms with Gasteiger partial charge in [0.1, 0.15) is 11.1 Å².